The zero-order chi connectivity index (χ0) is 18.4. The van der Waals surface area contributed by atoms with Crippen LogP contribution in [0.5, 0.6) is 5.75 Å². The van der Waals surface area contributed by atoms with E-state index in [2.05, 4.69) is 22.2 Å². The highest BCUT2D eigenvalue weighted by atomic mass is 32.1. The number of carbonyl (C=O) groups is 1. The predicted octanol–water partition coefficient (Wildman–Crippen LogP) is 5.09. The van der Waals surface area contributed by atoms with Gasteiger partial charge in [-0.3, -0.25) is 10.1 Å². The Morgan fingerprint density at radius 2 is 1.96 bits per heavy atom. The third-order valence-electron chi connectivity index (χ3n) is 4.25. The van der Waals surface area contributed by atoms with E-state index in [1.807, 2.05) is 38.1 Å². The molecular weight excluding hydrogens is 366 g/mol. The Morgan fingerprint density at radius 3 is 2.73 bits per heavy atom. The van der Waals surface area contributed by atoms with Crippen molar-refractivity contribution in [2.75, 3.05) is 12.4 Å². The molecule has 4 aromatic rings. The fraction of sp³-hybridized carbons (Fsp3) is 0.211. The molecule has 3 heterocycles. The first kappa shape index (κ1) is 16.9. The number of thiophene rings is 1. The van der Waals surface area contributed by atoms with Crippen LogP contribution in [0.4, 0.5) is 5.13 Å². The van der Waals surface area contributed by atoms with Gasteiger partial charge in [0.15, 0.2) is 5.13 Å². The minimum atomic E-state index is -0.152. The van der Waals surface area contributed by atoms with Gasteiger partial charge in [0.25, 0.3) is 5.91 Å². The number of ether oxygens (including phenoxy) is 1. The van der Waals surface area contributed by atoms with Crippen LogP contribution in [-0.4, -0.2) is 23.0 Å². The molecule has 0 spiro atoms. The van der Waals surface area contributed by atoms with Crippen molar-refractivity contribution in [2.45, 2.75) is 20.8 Å². The second kappa shape index (κ2) is 6.34. The fourth-order valence-electron chi connectivity index (χ4n) is 3.13. The largest absolute Gasteiger partial charge is 0.494 e. The van der Waals surface area contributed by atoms with E-state index < -0.39 is 0 Å². The Labute approximate surface area is 158 Å². The van der Waals surface area contributed by atoms with Gasteiger partial charge in [0, 0.05) is 11.1 Å². The van der Waals surface area contributed by atoms with Crippen LogP contribution in [-0.2, 0) is 0 Å². The average molecular weight is 383 g/mol. The number of benzene rings is 1. The molecule has 0 aliphatic rings. The van der Waals surface area contributed by atoms with Crippen molar-refractivity contribution in [1.82, 2.24) is 9.97 Å². The van der Waals surface area contributed by atoms with E-state index in [4.69, 9.17) is 4.74 Å². The summed E-state index contributed by atoms with van der Waals surface area (Å²) in [5, 5.41) is 4.56. The number of anilines is 1. The normalized spacial score (nSPS) is 11.2. The maximum Gasteiger partial charge on any atom is 0.267 e. The molecule has 0 saturated heterocycles. The molecule has 0 radical (unpaired) electrons. The number of fused-ring (bicyclic) bond motifs is 2. The van der Waals surface area contributed by atoms with E-state index in [-0.39, 0.29) is 5.91 Å². The third-order valence-corrected chi connectivity index (χ3v) is 6.37. The van der Waals surface area contributed by atoms with Gasteiger partial charge in [-0.15, -0.1) is 11.3 Å². The van der Waals surface area contributed by atoms with Gasteiger partial charge in [-0.2, -0.15) is 0 Å². The summed E-state index contributed by atoms with van der Waals surface area (Å²) < 4.78 is 6.31. The molecule has 1 N–H and O–H groups in total. The maximum atomic E-state index is 12.8. The van der Waals surface area contributed by atoms with Crippen LogP contribution >= 0.6 is 22.7 Å². The number of carbonyl (C=O) groups excluding carboxylic acids is 1. The number of nitrogens with one attached hydrogen (secondary N) is 1. The summed E-state index contributed by atoms with van der Waals surface area (Å²) in [7, 11) is 1.62. The lowest BCUT2D eigenvalue weighted by molar-refractivity contribution is 0.103. The molecule has 0 aliphatic carbocycles. The highest BCUT2D eigenvalue weighted by Gasteiger charge is 2.19. The predicted molar refractivity (Wildman–Crippen MR) is 108 cm³/mol. The number of nitrogens with zero attached hydrogens (tertiary/aromatic N) is 2. The van der Waals surface area contributed by atoms with Gasteiger partial charge in [0.2, 0.25) is 0 Å². The zero-order valence-corrected chi connectivity index (χ0v) is 16.5. The Morgan fingerprint density at radius 1 is 1.15 bits per heavy atom. The van der Waals surface area contributed by atoms with Gasteiger partial charge < -0.3 is 4.74 Å². The van der Waals surface area contributed by atoms with Gasteiger partial charge in [-0.1, -0.05) is 17.4 Å². The van der Waals surface area contributed by atoms with E-state index in [9.17, 15) is 4.79 Å². The summed E-state index contributed by atoms with van der Waals surface area (Å²) in [4.78, 5) is 23.5. The van der Waals surface area contributed by atoms with Crippen LogP contribution < -0.4 is 10.1 Å². The first-order chi connectivity index (χ1) is 12.5. The molecule has 4 rings (SSSR count). The molecule has 1 aromatic carbocycles. The second-order valence-electron chi connectivity index (χ2n) is 6.10. The molecule has 0 atom stereocenters. The highest BCUT2D eigenvalue weighted by molar-refractivity contribution is 7.23. The first-order valence-corrected chi connectivity index (χ1v) is 9.73. The lowest BCUT2D eigenvalue weighted by Gasteiger charge is -2.01. The summed E-state index contributed by atoms with van der Waals surface area (Å²) in [5.41, 5.74) is 3.83. The van der Waals surface area contributed by atoms with E-state index >= 15 is 0 Å². The quantitative estimate of drug-likeness (QED) is 0.535. The number of methoxy groups -OCH3 is 1. The number of hydrogen-bond donors (Lipinski definition) is 1. The van der Waals surface area contributed by atoms with Gasteiger partial charge in [-0.25, -0.2) is 9.97 Å². The fourth-order valence-corrected chi connectivity index (χ4v) is 5.21. The Kier molecular flexibility index (Phi) is 4.13. The molecule has 7 heteroatoms. The smallest absolute Gasteiger partial charge is 0.267 e. The van der Waals surface area contributed by atoms with Crippen molar-refractivity contribution in [3.05, 3.63) is 46.0 Å². The average Bonchev–Trinajstić information content (AvgIpc) is 3.14. The van der Waals surface area contributed by atoms with E-state index in [1.165, 1.54) is 22.7 Å². The number of amides is 1. The molecule has 0 aliphatic heterocycles. The number of aryl methyl sites for hydroxylation is 3. The topological polar surface area (TPSA) is 64.1 Å². The van der Waals surface area contributed by atoms with Crippen molar-refractivity contribution in [2.24, 2.45) is 0 Å². The van der Waals surface area contributed by atoms with Gasteiger partial charge in [0.1, 0.15) is 16.1 Å². The summed E-state index contributed by atoms with van der Waals surface area (Å²) in [6.07, 6.45) is 0. The molecule has 5 nitrogen and oxygen atoms in total. The van der Waals surface area contributed by atoms with Gasteiger partial charge in [-0.05, 0) is 50.1 Å². The molecule has 26 heavy (non-hydrogen) atoms. The molecule has 132 valence electrons. The molecule has 0 saturated carbocycles. The molecule has 1 amide bonds. The third kappa shape index (κ3) is 2.73. The number of thiazole rings is 1. The lowest BCUT2D eigenvalue weighted by atomic mass is 10.1. The van der Waals surface area contributed by atoms with Crippen molar-refractivity contribution >= 4 is 54.1 Å². The summed E-state index contributed by atoms with van der Waals surface area (Å²) in [6, 6.07) is 7.79. The SMILES string of the molecule is COc1cccc2sc(NC(=O)c3sc4nc(C)cc(C)c4c3C)nc12. The Balaban J connectivity index is 1.72. The Hall–Kier alpha value is -2.51. The summed E-state index contributed by atoms with van der Waals surface area (Å²) in [6.45, 7) is 5.99. The Bertz CT molecular complexity index is 1160. The van der Waals surface area contributed by atoms with E-state index in [0.717, 1.165) is 37.3 Å². The molecule has 0 unspecified atom stereocenters. The number of rotatable bonds is 3. The molecule has 0 fully saturated rings. The van der Waals surface area contributed by atoms with Crippen LogP contribution in [0.3, 0.4) is 0 Å². The maximum absolute atomic E-state index is 12.8. The van der Waals surface area contributed by atoms with Crippen LogP contribution in [0.2, 0.25) is 0 Å². The van der Waals surface area contributed by atoms with Crippen molar-refractivity contribution in [1.29, 1.82) is 0 Å². The van der Waals surface area contributed by atoms with Gasteiger partial charge in [0.05, 0.1) is 16.7 Å². The zero-order valence-electron chi connectivity index (χ0n) is 14.8. The summed E-state index contributed by atoms with van der Waals surface area (Å²) >= 11 is 2.86. The van der Waals surface area contributed by atoms with E-state index in [1.54, 1.807) is 7.11 Å². The minimum Gasteiger partial charge on any atom is -0.494 e. The van der Waals surface area contributed by atoms with Crippen molar-refractivity contribution in [3.63, 3.8) is 0 Å². The highest BCUT2D eigenvalue weighted by Crippen LogP contribution is 2.35. The van der Waals surface area contributed by atoms with E-state index in [0.29, 0.717) is 15.8 Å². The molecule has 3 aromatic heterocycles. The van der Waals surface area contributed by atoms with Crippen LogP contribution in [0, 0.1) is 20.8 Å². The van der Waals surface area contributed by atoms with Crippen molar-refractivity contribution in [3.8, 4) is 5.75 Å². The van der Waals surface area contributed by atoms with Crippen LogP contribution in [0.25, 0.3) is 20.4 Å². The van der Waals surface area contributed by atoms with Gasteiger partial charge >= 0.3 is 0 Å². The van der Waals surface area contributed by atoms with Crippen LogP contribution in [0.15, 0.2) is 24.3 Å². The number of aromatic nitrogens is 2. The lowest BCUT2D eigenvalue weighted by Crippen LogP contribution is -2.11. The number of pyridine rings is 1. The molecule has 0 bridgehead atoms. The number of hydrogen-bond acceptors (Lipinski definition) is 6. The standard InChI is InChI=1S/C19H17N3O2S2/c1-9-8-10(2)20-18-14(9)11(3)16(26-18)17(23)22-19-21-15-12(24-4)6-5-7-13(15)25-19/h5-8H,1-4H3,(H,21,22,23). The van der Waals surface area contributed by atoms with Crippen LogP contribution in [0.1, 0.15) is 26.5 Å². The minimum absolute atomic E-state index is 0.152. The first-order valence-electron chi connectivity index (χ1n) is 8.10. The number of para-hydroxylation sites is 1. The second-order valence-corrected chi connectivity index (χ2v) is 8.13. The molecular formula is C19H17N3O2S2. The van der Waals surface area contributed by atoms with Crippen molar-refractivity contribution < 1.29 is 9.53 Å². The summed E-state index contributed by atoms with van der Waals surface area (Å²) in [5.74, 6) is 0.549. The monoisotopic (exact) mass is 383 g/mol.